The fraction of sp³-hybridized carbons (Fsp3) is 0.600. The van der Waals surface area contributed by atoms with Crippen LogP contribution in [0.15, 0.2) is 24.3 Å². The van der Waals surface area contributed by atoms with Crippen molar-refractivity contribution in [1.82, 2.24) is 4.72 Å². The lowest BCUT2D eigenvalue weighted by atomic mass is 9.93. The highest BCUT2D eigenvalue weighted by atomic mass is 79.9. The van der Waals surface area contributed by atoms with Crippen molar-refractivity contribution < 1.29 is 22.8 Å². The number of benzene rings is 1. The van der Waals surface area contributed by atoms with Gasteiger partial charge in [0, 0.05) is 5.25 Å². The van der Waals surface area contributed by atoms with E-state index in [0.29, 0.717) is 12.2 Å². The second-order valence-electron chi connectivity index (χ2n) is 5.60. The first kappa shape index (κ1) is 18.8. The number of aliphatic hydroxyl groups excluding tert-OH is 1. The molecule has 0 radical (unpaired) electrons. The number of aliphatic hydroxyl groups is 1. The molecule has 2 unspecified atom stereocenters. The van der Waals surface area contributed by atoms with Gasteiger partial charge in [0.1, 0.15) is 12.4 Å². The lowest BCUT2D eigenvalue weighted by Crippen LogP contribution is -2.71. The average molecular weight is 412 g/mol. The molecule has 4 atom stereocenters. The molecular formula is C15H20BrF2NO3S. The summed E-state index contributed by atoms with van der Waals surface area (Å²) in [5.41, 5.74) is -1.51. The molecule has 1 aromatic rings. The number of para-hydroxylation sites is 1. The largest absolute Gasteiger partial charge is 0.464 e. The van der Waals surface area contributed by atoms with Gasteiger partial charge in [0.2, 0.25) is 5.72 Å². The summed E-state index contributed by atoms with van der Waals surface area (Å²) in [6.45, 7) is 2.11. The normalized spacial score (nSPS) is 27.0. The van der Waals surface area contributed by atoms with Gasteiger partial charge in [-0.15, -0.1) is 0 Å². The average Bonchev–Trinajstić information content (AvgIpc) is 2.54. The summed E-state index contributed by atoms with van der Waals surface area (Å²) in [5.74, 6) is -3.33. The molecule has 1 heterocycles. The minimum absolute atomic E-state index is 0.260. The predicted molar refractivity (Wildman–Crippen MR) is 89.3 cm³/mol. The van der Waals surface area contributed by atoms with Gasteiger partial charge in [-0.05, 0) is 31.4 Å². The van der Waals surface area contributed by atoms with E-state index in [1.807, 2.05) is 6.92 Å². The smallest absolute Gasteiger partial charge is 0.324 e. The van der Waals surface area contributed by atoms with E-state index < -0.39 is 34.1 Å². The molecular weight excluding hydrogens is 392 g/mol. The van der Waals surface area contributed by atoms with Crippen LogP contribution >= 0.6 is 15.9 Å². The maximum Gasteiger partial charge on any atom is 0.324 e. The molecule has 0 spiro atoms. The second-order valence-corrected chi connectivity index (χ2v) is 8.31. The van der Waals surface area contributed by atoms with E-state index in [1.165, 1.54) is 0 Å². The lowest BCUT2D eigenvalue weighted by molar-refractivity contribution is -0.194. The Morgan fingerprint density at radius 2 is 2.22 bits per heavy atom. The summed E-state index contributed by atoms with van der Waals surface area (Å²) < 4.78 is 49.5. The number of nitrogens with one attached hydrogen (secondary N) is 1. The molecule has 2 rings (SSSR count). The topological polar surface area (TPSA) is 58.6 Å². The van der Waals surface area contributed by atoms with Crippen molar-refractivity contribution in [2.75, 3.05) is 6.61 Å². The number of hydrogen-bond acceptors (Lipinski definition) is 3. The van der Waals surface area contributed by atoms with Gasteiger partial charge >= 0.3 is 5.92 Å². The van der Waals surface area contributed by atoms with Crippen LogP contribution in [-0.2, 0) is 17.4 Å². The number of hydrogen-bond donors (Lipinski definition) is 2. The van der Waals surface area contributed by atoms with Gasteiger partial charge in [-0.2, -0.15) is 13.5 Å². The molecule has 23 heavy (non-hydrogen) atoms. The molecule has 1 aromatic carbocycles. The fourth-order valence-electron chi connectivity index (χ4n) is 2.33. The van der Waals surface area contributed by atoms with E-state index in [-0.39, 0.29) is 11.7 Å². The lowest BCUT2D eigenvalue weighted by Gasteiger charge is -2.46. The van der Waals surface area contributed by atoms with E-state index in [1.54, 1.807) is 31.2 Å². The monoisotopic (exact) mass is 411 g/mol. The third-order valence-corrected chi connectivity index (χ3v) is 6.56. The van der Waals surface area contributed by atoms with Crippen molar-refractivity contribution in [3.8, 4) is 5.75 Å². The number of alkyl halides is 3. The molecule has 1 aliphatic heterocycles. The van der Waals surface area contributed by atoms with Crippen LogP contribution in [0.2, 0.25) is 0 Å². The first-order valence-electron chi connectivity index (χ1n) is 7.35. The van der Waals surface area contributed by atoms with Gasteiger partial charge in [0.05, 0.1) is 15.8 Å². The summed E-state index contributed by atoms with van der Waals surface area (Å²) in [6, 6.07) is 6.85. The Bertz CT molecular complexity index is 590. The minimum Gasteiger partial charge on any atom is -0.464 e. The van der Waals surface area contributed by atoms with Crippen molar-refractivity contribution >= 4 is 26.9 Å². The molecule has 0 aliphatic carbocycles. The van der Waals surface area contributed by atoms with Crippen LogP contribution in [0.5, 0.6) is 5.75 Å². The van der Waals surface area contributed by atoms with Crippen LogP contribution < -0.4 is 9.46 Å². The molecule has 0 aromatic heterocycles. The van der Waals surface area contributed by atoms with Crippen molar-refractivity contribution in [3.63, 3.8) is 0 Å². The standard InChI is InChI=1S/C15H20BrF2NO3S/c1-3-10(2)23(21)19-15(14(17,18)9-20)13(16)8-11-6-4-5-7-12(11)22-15/h4-7,10,13,19-20H,3,8-9H2,1-2H3/t10-,13?,15+,23?/m1/s1. The quantitative estimate of drug-likeness (QED) is 0.707. The van der Waals surface area contributed by atoms with Gasteiger partial charge < -0.3 is 9.84 Å². The highest BCUT2D eigenvalue weighted by molar-refractivity contribution is 9.09. The van der Waals surface area contributed by atoms with Gasteiger partial charge in [0.15, 0.2) is 0 Å². The third-order valence-electron chi connectivity index (χ3n) is 4.02. The van der Waals surface area contributed by atoms with Gasteiger partial charge in [-0.3, -0.25) is 0 Å². The first-order valence-corrected chi connectivity index (χ1v) is 9.48. The summed E-state index contributed by atoms with van der Waals surface area (Å²) in [4.78, 5) is -0.861. The molecule has 8 heteroatoms. The van der Waals surface area contributed by atoms with Crippen LogP contribution in [0.1, 0.15) is 25.8 Å². The van der Waals surface area contributed by atoms with Crippen LogP contribution in [0.25, 0.3) is 0 Å². The molecule has 0 bridgehead atoms. The molecule has 0 amide bonds. The highest BCUT2D eigenvalue weighted by Crippen LogP contribution is 2.44. The van der Waals surface area contributed by atoms with E-state index >= 15 is 0 Å². The maximum atomic E-state index is 14.6. The predicted octanol–water partition coefficient (Wildman–Crippen LogP) is 2.76. The molecule has 0 saturated heterocycles. The van der Waals surface area contributed by atoms with E-state index in [0.717, 1.165) is 5.56 Å². The Kier molecular flexibility index (Phi) is 5.81. The zero-order chi connectivity index (χ0) is 17.3. The van der Waals surface area contributed by atoms with E-state index in [2.05, 4.69) is 20.7 Å². The van der Waals surface area contributed by atoms with Crippen molar-refractivity contribution in [2.24, 2.45) is 0 Å². The van der Waals surface area contributed by atoms with Gasteiger partial charge in [-0.25, -0.2) is 4.21 Å². The zero-order valence-corrected chi connectivity index (χ0v) is 15.3. The van der Waals surface area contributed by atoms with Crippen LogP contribution in [0.3, 0.4) is 0 Å². The van der Waals surface area contributed by atoms with Crippen molar-refractivity contribution in [3.05, 3.63) is 29.8 Å². The fourth-order valence-corrected chi connectivity index (χ4v) is 4.51. The highest BCUT2D eigenvalue weighted by Gasteiger charge is 2.62. The number of ether oxygens (including phenoxy) is 1. The zero-order valence-electron chi connectivity index (χ0n) is 12.9. The Balaban J connectivity index is 2.45. The summed E-state index contributed by atoms with van der Waals surface area (Å²) in [7, 11) is -1.74. The Labute approximate surface area is 145 Å². The summed E-state index contributed by atoms with van der Waals surface area (Å²) in [5, 5.41) is 8.86. The number of rotatable bonds is 6. The number of halogens is 3. The summed E-state index contributed by atoms with van der Waals surface area (Å²) >= 11 is 3.24. The first-order chi connectivity index (χ1) is 10.8. The van der Waals surface area contributed by atoms with Gasteiger partial charge in [0.25, 0.3) is 0 Å². The molecule has 130 valence electrons. The minimum atomic E-state index is -3.63. The number of fused-ring (bicyclic) bond motifs is 1. The Hall–Kier alpha value is -0.570. The molecule has 4 nitrogen and oxygen atoms in total. The Morgan fingerprint density at radius 3 is 2.83 bits per heavy atom. The van der Waals surface area contributed by atoms with Gasteiger partial charge in [-0.1, -0.05) is 41.1 Å². The second kappa shape index (κ2) is 7.13. The van der Waals surface area contributed by atoms with Crippen LogP contribution in [-0.4, -0.2) is 37.6 Å². The third kappa shape index (κ3) is 3.45. The van der Waals surface area contributed by atoms with E-state index in [9.17, 15) is 18.1 Å². The molecule has 0 saturated carbocycles. The molecule has 0 fully saturated rings. The van der Waals surface area contributed by atoms with Crippen LogP contribution in [0.4, 0.5) is 8.78 Å². The molecule has 1 aliphatic rings. The summed E-state index contributed by atoms with van der Waals surface area (Å²) in [6.07, 6.45) is 0.820. The van der Waals surface area contributed by atoms with Crippen molar-refractivity contribution in [2.45, 2.75) is 48.4 Å². The Morgan fingerprint density at radius 1 is 1.57 bits per heavy atom. The SMILES string of the molecule is CC[C@@H](C)S(=O)N[C@]1(C(F)(F)CO)Oc2ccccc2CC1Br. The molecule has 2 N–H and O–H groups in total. The van der Waals surface area contributed by atoms with E-state index in [4.69, 9.17) is 4.74 Å². The maximum absolute atomic E-state index is 14.6. The van der Waals surface area contributed by atoms with Crippen molar-refractivity contribution in [1.29, 1.82) is 0 Å². The van der Waals surface area contributed by atoms with Crippen LogP contribution in [0, 0.1) is 0 Å².